The van der Waals surface area contributed by atoms with Crippen LogP contribution in [0.3, 0.4) is 0 Å². The van der Waals surface area contributed by atoms with Gasteiger partial charge in [-0.05, 0) is 31.5 Å². The fourth-order valence-electron chi connectivity index (χ4n) is 6.35. The third kappa shape index (κ3) is 6.26. The maximum Gasteiger partial charge on any atom is 0.416 e. The molecule has 4 aromatic rings. The number of aromatic nitrogens is 5. The number of fused-ring (bicyclic) bond motifs is 2. The number of carbonyl (C=O) groups excluding carboxylic acids is 2. The van der Waals surface area contributed by atoms with Crippen LogP contribution in [-0.2, 0) is 28.7 Å². The summed E-state index contributed by atoms with van der Waals surface area (Å²) in [6.07, 6.45) is -1.66. The topological polar surface area (TPSA) is 159 Å². The van der Waals surface area contributed by atoms with Crippen molar-refractivity contribution in [1.29, 1.82) is 0 Å². The van der Waals surface area contributed by atoms with E-state index in [2.05, 4.69) is 25.3 Å². The molecule has 18 heteroatoms. The van der Waals surface area contributed by atoms with Gasteiger partial charge in [-0.2, -0.15) is 13.2 Å². The number of halogens is 4. The summed E-state index contributed by atoms with van der Waals surface area (Å²) in [6, 6.07) is 1.63. The molecule has 2 saturated heterocycles. The Balaban J connectivity index is 1.40. The first kappa shape index (κ1) is 34.8. The van der Waals surface area contributed by atoms with E-state index in [0.29, 0.717) is 11.5 Å². The molecule has 5 heterocycles. The number of rotatable bonds is 7. The Morgan fingerprint density at radius 1 is 1.14 bits per heavy atom. The number of carbonyl (C=O) groups is 2. The summed E-state index contributed by atoms with van der Waals surface area (Å²) in [6.45, 7) is 3.70. The van der Waals surface area contributed by atoms with Gasteiger partial charge in [0.15, 0.2) is 22.6 Å². The predicted octanol–water partition coefficient (Wildman–Crippen LogP) is 3.26. The monoisotopic (exact) mass is 715 g/mol. The quantitative estimate of drug-likeness (QED) is 0.289. The Kier molecular flexibility index (Phi) is 9.30. The molecular weight excluding hydrogens is 683 g/mol. The van der Waals surface area contributed by atoms with Gasteiger partial charge < -0.3 is 34.4 Å². The maximum atomic E-state index is 14.4. The summed E-state index contributed by atoms with van der Waals surface area (Å²) in [5, 5.41) is 12.8. The Morgan fingerprint density at radius 3 is 2.56 bits per heavy atom. The number of nitrogens with one attached hydrogen (secondary N) is 1. The van der Waals surface area contributed by atoms with Gasteiger partial charge in [0.25, 0.3) is 5.91 Å². The van der Waals surface area contributed by atoms with Crippen LogP contribution >= 0.6 is 11.6 Å². The average molecular weight is 716 g/mol. The number of nitrogens with zero attached hydrogens (tertiary/aromatic N) is 8. The molecule has 50 heavy (non-hydrogen) atoms. The zero-order valence-corrected chi connectivity index (χ0v) is 28.2. The number of benzene rings is 1. The fraction of sp³-hybridized carbons (Fsp3) is 0.406. The van der Waals surface area contributed by atoms with E-state index in [9.17, 15) is 32.7 Å². The molecule has 2 N–H and O–H groups in total. The summed E-state index contributed by atoms with van der Waals surface area (Å²) < 4.78 is 47.0. The first-order valence-corrected chi connectivity index (χ1v) is 16.0. The van der Waals surface area contributed by atoms with Gasteiger partial charge in [-0.25, -0.2) is 19.9 Å². The van der Waals surface area contributed by atoms with E-state index in [4.69, 9.17) is 16.3 Å². The first-order valence-electron chi connectivity index (χ1n) is 15.6. The highest BCUT2D eigenvalue weighted by Crippen LogP contribution is 2.35. The Labute approximate surface area is 288 Å². The van der Waals surface area contributed by atoms with Gasteiger partial charge in [0, 0.05) is 32.9 Å². The molecule has 2 fully saturated rings. The minimum atomic E-state index is -4.61. The third-order valence-corrected chi connectivity index (χ3v) is 9.16. The zero-order valence-electron chi connectivity index (χ0n) is 27.5. The lowest BCUT2D eigenvalue weighted by Crippen LogP contribution is -2.62. The van der Waals surface area contributed by atoms with Gasteiger partial charge in [0.05, 0.1) is 53.5 Å². The van der Waals surface area contributed by atoms with Crippen LogP contribution in [-0.4, -0.2) is 98.8 Å². The number of aromatic hydroxyl groups is 1. The molecule has 14 nitrogen and oxygen atoms in total. The van der Waals surface area contributed by atoms with Crippen molar-refractivity contribution in [3.05, 3.63) is 68.6 Å². The molecule has 2 aliphatic rings. The number of aryl methyl sites for hydroxylation is 1. The van der Waals surface area contributed by atoms with Crippen molar-refractivity contribution in [3.8, 4) is 5.75 Å². The van der Waals surface area contributed by atoms with Crippen LogP contribution in [0.25, 0.3) is 11.2 Å². The summed E-state index contributed by atoms with van der Waals surface area (Å²) in [5.41, 5.74) is -0.432. The highest BCUT2D eigenvalue weighted by atomic mass is 35.5. The van der Waals surface area contributed by atoms with Crippen molar-refractivity contribution in [1.82, 2.24) is 29.4 Å². The van der Waals surface area contributed by atoms with Crippen molar-refractivity contribution in [2.45, 2.75) is 45.1 Å². The van der Waals surface area contributed by atoms with Crippen LogP contribution in [0.15, 0.2) is 35.5 Å². The van der Waals surface area contributed by atoms with E-state index in [0.717, 1.165) is 18.2 Å². The Morgan fingerprint density at radius 2 is 1.88 bits per heavy atom. The average Bonchev–Trinajstić information content (AvgIpc) is 3.57. The molecule has 3 aromatic heterocycles. The number of hydrogen-bond acceptors (Lipinski definition) is 11. The van der Waals surface area contributed by atoms with Crippen LogP contribution < -0.4 is 20.5 Å². The molecule has 0 radical (unpaired) electrons. The Bertz CT molecular complexity index is 2060. The van der Waals surface area contributed by atoms with E-state index >= 15 is 0 Å². The van der Waals surface area contributed by atoms with Gasteiger partial charge in [0.2, 0.25) is 11.3 Å². The van der Waals surface area contributed by atoms with Gasteiger partial charge in [0.1, 0.15) is 24.4 Å². The van der Waals surface area contributed by atoms with E-state index < -0.39 is 41.1 Å². The Hall–Kier alpha value is -5.03. The van der Waals surface area contributed by atoms with Crippen molar-refractivity contribution in [2.75, 3.05) is 55.5 Å². The van der Waals surface area contributed by atoms with Crippen LogP contribution in [0, 0.1) is 6.92 Å². The van der Waals surface area contributed by atoms with E-state index in [1.807, 2.05) is 11.8 Å². The molecule has 0 aliphatic carbocycles. The number of pyridine rings is 1. The second-order valence-corrected chi connectivity index (χ2v) is 12.5. The highest BCUT2D eigenvalue weighted by Gasteiger charge is 2.45. The molecule has 0 saturated carbocycles. The number of anilines is 3. The first-order chi connectivity index (χ1) is 23.7. The molecule has 2 atom stereocenters. The third-order valence-electron chi connectivity index (χ3n) is 8.85. The number of piperazine rings is 1. The number of ether oxygens (including phenoxy) is 1. The smallest absolute Gasteiger partial charge is 0.416 e. The molecule has 0 bridgehead atoms. The van der Waals surface area contributed by atoms with Crippen LogP contribution in [0.1, 0.15) is 34.4 Å². The number of hydrogen-bond donors (Lipinski definition) is 2. The molecule has 1 aromatic carbocycles. The number of amides is 2. The lowest BCUT2D eigenvalue weighted by atomic mass is 10.0. The summed E-state index contributed by atoms with van der Waals surface area (Å²) >= 11 is 6.11. The molecule has 6 rings (SSSR count). The standard InChI is InChI=1S/C32H33ClF3N9O5/c1-5-20-27(43-8-9-44(22-14-50-13-21(22)43)31(49)26-28(47)16(2)38-15-39-26)29(48)25-30(37-11-23(41-25)42(3)4)45(20)12-24(46)40-19-7-6-17(10-18(19)33)32(34,35)36/h6-7,10-11,15,21-22,47H,5,8-9,12-14H2,1-4H3,(H,40,46)/t21-,22+/m0/s1. The summed E-state index contributed by atoms with van der Waals surface area (Å²) in [5.74, 6) is -1.05. The minimum absolute atomic E-state index is 0.000818. The van der Waals surface area contributed by atoms with Crippen molar-refractivity contribution >= 4 is 51.8 Å². The molecule has 0 spiro atoms. The molecular formula is C32H33ClF3N9O5. The van der Waals surface area contributed by atoms with Gasteiger partial charge in [-0.1, -0.05) is 18.5 Å². The van der Waals surface area contributed by atoms with Crippen LogP contribution in [0.2, 0.25) is 5.02 Å². The van der Waals surface area contributed by atoms with Crippen molar-refractivity contribution in [3.63, 3.8) is 0 Å². The van der Waals surface area contributed by atoms with E-state index in [1.54, 1.807) is 35.4 Å². The second-order valence-electron chi connectivity index (χ2n) is 12.1. The maximum absolute atomic E-state index is 14.4. The summed E-state index contributed by atoms with van der Waals surface area (Å²) in [7, 11) is 3.48. The van der Waals surface area contributed by atoms with Gasteiger partial charge >= 0.3 is 6.18 Å². The van der Waals surface area contributed by atoms with Crippen LogP contribution in [0.4, 0.5) is 30.4 Å². The zero-order chi connectivity index (χ0) is 36.1. The largest absolute Gasteiger partial charge is 0.504 e. The molecule has 2 amide bonds. The normalized spacial score (nSPS) is 17.6. The summed E-state index contributed by atoms with van der Waals surface area (Å²) in [4.78, 5) is 63.8. The minimum Gasteiger partial charge on any atom is -0.504 e. The second kappa shape index (κ2) is 13.4. The lowest BCUT2D eigenvalue weighted by Gasteiger charge is -2.45. The van der Waals surface area contributed by atoms with Gasteiger partial charge in [-0.3, -0.25) is 14.4 Å². The van der Waals surface area contributed by atoms with Gasteiger partial charge in [-0.15, -0.1) is 0 Å². The number of alkyl halides is 3. The SMILES string of the molecule is CCc1c(N2CCN(C(=O)c3ncnc(C)c3O)[C@@H]3COC[C@@H]32)c(=O)c2nc(N(C)C)cnc2n1CC(=O)Nc1ccc(C(F)(F)F)cc1Cl. The van der Waals surface area contributed by atoms with E-state index in [1.165, 1.54) is 12.5 Å². The van der Waals surface area contributed by atoms with Crippen LogP contribution in [0.5, 0.6) is 5.75 Å². The fourth-order valence-corrected chi connectivity index (χ4v) is 6.58. The van der Waals surface area contributed by atoms with Crippen molar-refractivity contribution < 1.29 is 32.6 Å². The van der Waals surface area contributed by atoms with E-state index in [-0.39, 0.29) is 84.0 Å². The molecule has 264 valence electrons. The predicted molar refractivity (Wildman–Crippen MR) is 178 cm³/mol. The molecule has 0 unspecified atom stereocenters. The highest BCUT2D eigenvalue weighted by molar-refractivity contribution is 6.33. The van der Waals surface area contributed by atoms with Crippen molar-refractivity contribution in [2.24, 2.45) is 0 Å². The molecule has 2 aliphatic heterocycles. The lowest BCUT2D eigenvalue weighted by molar-refractivity contribution is -0.137.